The summed E-state index contributed by atoms with van der Waals surface area (Å²) in [6, 6.07) is 3.98. The molecule has 0 aliphatic rings. The minimum atomic E-state index is 0. The van der Waals surface area contributed by atoms with Crippen LogP contribution in [0.25, 0.3) is 0 Å². The van der Waals surface area contributed by atoms with Crippen molar-refractivity contribution in [3.05, 3.63) is 22.4 Å². The average molecular weight is 104 g/mol. The van der Waals surface area contributed by atoms with Gasteiger partial charge in [-0.05, 0) is 0 Å². The Labute approximate surface area is 59.7 Å². The first-order valence-corrected chi connectivity index (χ1v) is 2.64. The maximum Gasteiger partial charge on any atom is 1.00 e. The topological polar surface area (TPSA) is 0 Å². The predicted molar refractivity (Wildman–Crippen MR) is 27.9 cm³/mol. The van der Waals surface area contributed by atoms with Crippen molar-refractivity contribution in [2.45, 2.75) is 6.92 Å². The normalized spacial score (nSPS) is 7.57. The molecule has 0 aromatic carbocycles. The first-order valence-electron chi connectivity index (χ1n) is 1.82. The molecule has 0 spiro atoms. The molecule has 0 nitrogen and oxygen atoms in total. The van der Waals surface area contributed by atoms with Crippen LogP contribution < -0.4 is 18.9 Å². The Morgan fingerprint density at radius 2 is 2.43 bits per heavy atom. The molecule has 0 amide bonds. The van der Waals surface area contributed by atoms with Crippen LogP contribution in [0.5, 0.6) is 0 Å². The van der Waals surface area contributed by atoms with Gasteiger partial charge in [0, 0.05) is 0 Å². The van der Waals surface area contributed by atoms with Crippen LogP contribution in [0.3, 0.4) is 0 Å². The van der Waals surface area contributed by atoms with Gasteiger partial charge in [-0.25, -0.2) is 6.07 Å². The summed E-state index contributed by atoms with van der Waals surface area (Å²) in [6.07, 6.45) is 0. The third-order valence-electron chi connectivity index (χ3n) is 0.606. The molecule has 0 saturated heterocycles. The Bertz CT molecular complexity index is 112. The van der Waals surface area contributed by atoms with E-state index < -0.39 is 0 Å². The van der Waals surface area contributed by atoms with E-state index in [1.54, 1.807) is 11.3 Å². The molecule has 2 heteroatoms. The second kappa shape index (κ2) is 3.32. The van der Waals surface area contributed by atoms with E-state index in [1.807, 2.05) is 12.1 Å². The molecule has 0 aliphatic carbocycles. The van der Waals surface area contributed by atoms with Gasteiger partial charge in [-0.2, -0.15) is 10.9 Å². The van der Waals surface area contributed by atoms with E-state index in [1.165, 1.54) is 4.88 Å². The maximum absolute atomic E-state index is 2.97. The quantitative estimate of drug-likeness (QED) is 0.288. The van der Waals surface area contributed by atoms with Crippen molar-refractivity contribution < 1.29 is 18.9 Å². The maximum atomic E-state index is 2.97. The van der Waals surface area contributed by atoms with Crippen LogP contribution in [-0.2, 0) is 0 Å². The van der Waals surface area contributed by atoms with Gasteiger partial charge < -0.3 is 11.3 Å². The summed E-state index contributed by atoms with van der Waals surface area (Å²) < 4.78 is 0. The van der Waals surface area contributed by atoms with Gasteiger partial charge >= 0.3 is 18.9 Å². The Morgan fingerprint density at radius 3 is 2.57 bits per heavy atom. The van der Waals surface area contributed by atoms with E-state index in [9.17, 15) is 0 Å². The zero-order chi connectivity index (χ0) is 4.41. The molecule has 0 bridgehead atoms. The van der Waals surface area contributed by atoms with Crippen molar-refractivity contribution in [2.75, 3.05) is 0 Å². The fourth-order valence-electron chi connectivity index (χ4n) is 0.312. The van der Waals surface area contributed by atoms with Crippen LogP contribution in [0.4, 0.5) is 0 Å². The van der Waals surface area contributed by atoms with Crippen molar-refractivity contribution in [3.63, 3.8) is 0 Å². The second-order valence-corrected chi connectivity index (χ2v) is 2.25. The second-order valence-electron chi connectivity index (χ2n) is 1.16. The van der Waals surface area contributed by atoms with Crippen molar-refractivity contribution in [2.24, 2.45) is 0 Å². The molecule has 1 rings (SSSR count). The van der Waals surface area contributed by atoms with Crippen molar-refractivity contribution in [1.82, 2.24) is 0 Å². The van der Waals surface area contributed by atoms with Crippen molar-refractivity contribution in [1.29, 1.82) is 0 Å². The van der Waals surface area contributed by atoms with Crippen LogP contribution in [0.1, 0.15) is 4.88 Å². The first-order chi connectivity index (χ1) is 2.89. The molecule has 1 aromatic heterocycles. The van der Waals surface area contributed by atoms with Gasteiger partial charge in [0.15, 0.2) is 0 Å². The summed E-state index contributed by atoms with van der Waals surface area (Å²) in [5, 5.41) is 2.97. The fraction of sp³-hybridized carbons (Fsp3) is 0.200. The van der Waals surface area contributed by atoms with Crippen LogP contribution in [0, 0.1) is 12.3 Å². The van der Waals surface area contributed by atoms with Gasteiger partial charge in [0.1, 0.15) is 0 Å². The zero-order valence-corrected chi connectivity index (χ0v) is 5.38. The Morgan fingerprint density at radius 1 is 1.71 bits per heavy atom. The minimum absolute atomic E-state index is 0. The Balaban J connectivity index is 0.000000360. The molecule has 32 valence electrons. The van der Waals surface area contributed by atoms with E-state index in [0.717, 1.165) is 0 Å². The van der Waals surface area contributed by atoms with Gasteiger partial charge in [0.2, 0.25) is 0 Å². The largest absolute Gasteiger partial charge is 1.00 e. The first kappa shape index (κ1) is 7.30. The molecule has 1 heterocycles. The molecule has 7 heavy (non-hydrogen) atoms. The third-order valence-corrected chi connectivity index (χ3v) is 1.32. The summed E-state index contributed by atoms with van der Waals surface area (Å²) in [5.41, 5.74) is 0. The average Bonchev–Trinajstić information content (AvgIpc) is 1.86. The summed E-state index contributed by atoms with van der Waals surface area (Å²) in [4.78, 5) is 1.33. The van der Waals surface area contributed by atoms with Crippen LogP contribution in [-0.4, -0.2) is 0 Å². The molecule has 0 saturated carbocycles. The van der Waals surface area contributed by atoms with Gasteiger partial charge in [-0.1, -0.05) is 6.92 Å². The van der Waals surface area contributed by atoms with Crippen LogP contribution in [0.15, 0.2) is 12.1 Å². The summed E-state index contributed by atoms with van der Waals surface area (Å²) in [5.74, 6) is 0. The van der Waals surface area contributed by atoms with Crippen LogP contribution in [0.2, 0.25) is 0 Å². The summed E-state index contributed by atoms with van der Waals surface area (Å²) >= 11 is 1.65. The van der Waals surface area contributed by atoms with Crippen molar-refractivity contribution in [3.8, 4) is 0 Å². The van der Waals surface area contributed by atoms with Crippen molar-refractivity contribution >= 4 is 11.3 Å². The van der Waals surface area contributed by atoms with Gasteiger partial charge in [-0.15, -0.1) is 5.38 Å². The van der Waals surface area contributed by atoms with E-state index in [-0.39, 0.29) is 18.9 Å². The predicted octanol–water partition coefficient (Wildman–Crippen LogP) is -1.14. The molecule has 0 fully saturated rings. The molecule has 1 aromatic rings. The zero-order valence-electron chi connectivity index (χ0n) is 4.56. The number of hydrogen-bond acceptors (Lipinski definition) is 1. The number of rotatable bonds is 0. The van der Waals surface area contributed by atoms with Crippen LogP contribution >= 0.6 is 11.3 Å². The molecule has 0 unspecified atom stereocenters. The number of aryl methyl sites for hydroxylation is 1. The molecule has 0 radical (unpaired) electrons. The molecule has 0 aliphatic heterocycles. The minimum Gasteiger partial charge on any atom is -0.301 e. The molecular formula is C5H5LiS. The molecule has 0 N–H and O–H groups in total. The molecule has 0 atom stereocenters. The van der Waals surface area contributed by atoms with E-state index in [4.69, 9.17) is 0 Å². The standard InChI is InChI=1S/C5H5S.Li/c1-5-3-2-4-6-5;/h2-3H,1H3;/q-1;+1. The summed E-state index contributed by atoms with van der Waals surface area (Å²) in [7, 11) is 0. The third kappa shape index (κ3) is 2.18. The van der Waals surface area contributed by atoms with E-state index >= 15 is 0 Å². The van der Waals surface area contributed by atoms with Gasteiger partial charge in [-0.3, -0.25) is 0 Å². The Kier molecular flexibility index (Phi) is 3.46. The summed E-state index contributed by atoms with van der Waals surface area (Å²) in [6.45, 7) is 2.07. The molecular weight excluding hydrogens is 99.1 g/mol. The van der Waals surface area contributed by atoms with E-state index in [2.05, 4.69) is 12.3 Å². The smallest absolute Gasteiger partial charge is 0.301 e. The Hall–Kier alpha value is 0.297. The van der Waals surface area contributed by atoms with Gasteiger partial charge in [0.05, 0.1) is 0 Å². The fourth-order valence-corrected chi connectivity index (χ4v) is 0.770. The number of hydrogen-bond donors (Lipinski definition) is 0. The monoisotopic (exact) mass is 104 g/mol. The van der Waals surface area contributed by atoms with Gasteiger partial charge in [0.25, 0.3) is 0 Å². The van der Waals surface area contributed by atoms with E-state index in [0.29, 0.717) is 0 Å². The number of thiophene rings is 1. The SMILES string of the molecule is Cc1cc[c-]s1.[Li+].